The van der Waals surface area contributed by atoms with Gasteiger partial charge in [0.1, 0.15) is 0 Å². The van der Waals surface area contributed by atoms with Gasteiger partial charge < -0.3 is 9.84 Å². The Morgan fingerprint density at radius 1 is 1.62 bits per heavy atom. The first kappa shape index (κ1) is 12.7. The number of nitro groups is 1. The maximum absolute atomic E-state index is 11.0. The highest BCUT2D eigenvalue weighted by Crippen LogP contribution is 2.32. The molecule has 0 unspecified atom stereocenters. The lowest BCUT2D eigenvalue weighted by molar-refractivity contribution is -0.386. The van der Waals surface area contributed by atoms with E-state index in [1.807, 2.05) is 0 Å². The maximum atomic E-state index is 11.0. The number of phenols is 1. The quantitative estimate of drug-likeness (QED) is 0.392. The molecule has 0 aromatic heterocycles. The van der Waals surface area contributed by atoms with Crippen molar-refractivity contribution in [1.29, 1.82) is 0 Å². The van der Waals surface area contributed by atoms with Crippen LogP contribution in [0.3, 0.4) is 0 Å². The molecule has 0 atom stereocenters. The number of carbonyl (C=O) groups excluding carboxylic acids is 1. The molecule has 7 heteroatoms. The molecule has 0 aliphatic carbocycles. The van der Waals surface area contributed by atoms with E-state index in [9.17, 15) is 20.0 Å². The summed E-state index contributed by atoms with van der Waals surface area (Å²) < 4.78 is 4.78. The van der Waals surface area contributed by atoms with Crippen molar-refractivity contribution in [3.05, 3.63) is 31.4 Å². The molecule has 0 amide bonds. The number of nitro benzene ring substituents is 1. The van der Waals surface area contributed by atoms with Crippen LogP contribution in [0.25, 0.3) is 0 Å². The van der Waals surface area contributed by atoms with Gasteiger partial charge in [0.2, 0.25) is 5.75 Å². The van der Waals surface area contributed by atoms with Gasteiger partial charge in [-0.15, -0.1) is 0 Å². The summed E-state index contributed by atoms with van der Waals surface area (Å²) >= 11 is 1.76. The van der Waals surface area contributed by atoms with Crippen LogP contribution in [0, 0.1) is 13.7 Å². The lowest BCUT2D eigenvalue weighted by atomic mass is 10.1. The van der Waals surface area contributed by atoms with Crippen molar-refractivity contribution in [2.75, 3.05) is 7.11 Å². The zero-order valence-corrected chi connectivity index (χ0v) is 10.4. The van der Waals surface area contributed by atoms with Gasteiger partial charge in [-0.05, 0) is 34.2 Å². The molecule has 1 aromatic carbocycles. The topological polar surface area (TPSA) is 89.7 Å². The molecule has 0 aliphatic rings. The Kier molecular flexibility index (Phi) is 4.05. The van der Waals surface area contributed by atoms with Crippen molar-refractivity contribution in [1.82, 2.24) is 0 Å². The molecule has 16 heavy (non-hydrogen) atoms. The van der Waals surface area contributed by atoms with Crippen LogP contribution < -0.4 is 0 Å². The van der Waals surface area contributed by atoms with Crippen LogP contribution in [0.2, 0.25) is 0 Å². The van der Waals surface area contributed by atoms with E-state index in [4.69, 9.17) is 0 Å². The van der Waals surface area contributed by atoms with Crippen molar-refractivity contribution in [2.24, 2.45) is 0 Å². The molecule has 0 aliphatic heterocycles. The number of hydrogen-bond acceptors (Lipinski definition) is 5. The summed E-state index contributed by atoms with van der Waals surface area (Å²) in [7, 11) is 1.24. The average Bonchev–Trinajstić information content (AvgIpc) is 2.22. The van der Waals surface area contributed by atoms with Crippen LogP contribution in [0.1, 0.15) is 5.56 Å². The van der Waals surface area contributed by atoms with Gasteiger partial charge in [0.15, 0.2) is 0 Å². The number of carbonyl (C=O) groups is 1. The summed E-state index contributed by atoms with van der Waals surface area (Å²) in [5.74, 6) is -0.880. The van der Waals surface area contributed by atoms with Gasteiger partial charge >= 0.3 is 11.7 Å². The SMILES string of the molecule is COC(=O)Cc1cc(I)c(O)c([N+](=O)[O-])c1. The molecule has 0 bridgehead atoms. The van der Waals surface area contributed by atoms with Crippen LogP contribution in [0.5, 0.6) is 5.75 Å². The fourth-order valence-corrected chi connectivity index (χ4v) is 1.80. The molecular weight excluding hydrogens is 329 g/mol. The lowest BCUT2D eigenvalue weighted by Crippen LogP contribution is -2.05. The molecule has 0 fully saturated rings. The monoisotopic (exact) mass is 337 g/mol. The van der Waals surface area contributed by atoms with Crippen molar-refractivity contribution < 1.29 is 19.6 Å². The Morgan fingerprint density at radius 2 is 2.25 bits per heavy atom. The number of nitrogens with zero attached hydrogens (tertiary/aromatic N) is 1. The van der Waals surface area contributed by atoms with E-state index in [0.29, 0.717) is 9.13 Å². The Balaban J connectivity index is 3.14. The maximum Gasteiger partial charge on any atom is 0.312 e. The fraction of sp³-hybridized carbons (Fsp3) is 0.222. The molecule has 0 spiro atoms. The van der Waals surface area contributed by atoms with E-state index in [2.05, 4.69) is 4.74 Å². The fourth-order valence-electron chi connectivity index (χ4n) is 1.12. The molecule has 0 heterocycles. The van der Waals surface area contributed by atoms with Gasteiger partial charge in [-0.25, -0.2) is 0 Å². The predicted octanol–water partition coefficient (Wildman–Crippen LogP) is 1.62. The summed E-state index contributed by atoms with van der Waals surface area (Å²) in [6.07, 6.45) is -0.0619. The summed E-state index contributed by atoms with van der Waals surface area (Å²) in [5.41, 5.74) is 0.0200. The summed E-state index contributed by atoms with van der Waals surface area (Å²) in [6.45, 7) is 0. The number of benzene rings is 1. The third-order valence-corrected chi connectivity index (χ3v) is 2.70. The van der Waals surface area contributed by atoms with Gasteiger partial charge in [0.05, 0.1) is 22.0 Å². The molecule has 0 radical (unpaired) electrons. The van der Waals surface area contributed by atoms with E-state index in [1.54, 1.807) is 22.6 Å². The van der Waals surface area contributed by atoms with Crippen LogP contribution in [0.4, 0.5) is 5.69 Å². The lowest BCUT2D eigenvalue weighted by Gasteiger charge is -2.03. The number of hydrogen-bond donors (Lipinski definition) is 1. The Hall–Kier alpha value is -1.38. The van der Waals surface area contributed by atoms with Gasteiger partial charge in [0, 0.05) is 6.07 Å². The van der Waals surface area contributed by atoms with E-state index >= 15 is 0 Å². The first-order valence-electron chi connectivity index (χ1n) is 4.18. The van der Waals surface area contributed by atoms with Gasteiger partial charge in [-0.1, -0.05) is 0 Å². The third-order valence-electron chi connectivity index (χ3n) is 1.88. The van der Waals surface area contributed by atoms with Crippen LogP contribution in [-0.4, -0.2) is 23.1 Å². The molecule has 1 N–H and O–H groups in total. The predicted molar refractivity (Wildman–Crippen MR) is 63.2 cm³/mol. The smallest absolute Gasteiger partial charge is 0.312 e. The highest BCUT2D eigenvalue weighted by Gasteiger charge is 2.18. The third kappa shape index (κ3) is 2.81. The number of rotatable bonds is 3. The Labute approximate surface area is 105 Å². The summed E-state index contributed by atoms with van der Waals surface area (Å²) in [5, 5.41) is 20.0. The second-order valence-corrected chi connectivity index (χ2v) is 4.12. The minimum absolute atomic E-state index is 0.0619. The number of esters is 1. The zero-order valence-electron chi connectivity index (χ0n) is 8.27. The van der Waals surface area contributed by atoms with Gasteiger partial charge in [0.25, 0.3) is 0 Å². The van der Waals surface area contributed by atoms with E-state index in [0.717, 1.165) is 6.07 Å². The van der Waals surface area contributed by atoms with Crippen LogP contribution >= 0.6 is 22.6 Å². The van der Waals surface area contributed by atoms with Crippen LogP contribution in [0.15, 0.2) is 12.1 Å². The van der Waals surface area contributed by atoms with Crippen LogP contribution in [-0.2, 0) is 16.0 Å². The number of halogens is 1. The molecular formula is C9H8INO5. The summed E-state index contributed by atoms with van der Waals surface area (Å²) in [6, 6.07) is 2.66. The zero-order chi connectivity index (χ0) is 12.3. The average molecular weight is 337 g/mol. The highest BCUT2D eigenvalue weighted by atomic mass is 127. The molecule has 1 aromatic rings. The largest absolute Gasteiger partial charge is 0.501 e. The first-order chi connectivity index (χ1) is 7.45. The second-order valence-electron chi connectivity index (χ2n) is 2.96. The molecule has 0 saturated heterocycles. The van der Waals surface area contributed by atoms with E-state index in [1.165, 1.54) is 13.2 Å². The Morgan fingerprint density at radius 3 is 2.75 bits per heavy atom. The summed E-state index contributed by atoms with van der Waals surface area (Å²) in [4.78, 5) is 20.9. The number of methoxy groups -OCH3 is 1. The molecule has 6 nitrogen and oxygen atoms in total. The minimum Gasteiger partial charge on any atom is -0.501 e. The number of phenolic OH excluding ortho intramolecular Hbond substituents is 1. The molecule has 1 rings (SSSR count). The van der Waals surface area contributed by atoms with Crippen molar-refractivity contribution in [3.8, 4) is 5.75 Å². The number of ether oxygens (including phenoxy) is 1. The standard InChI is InChI=1S/C9H8INO5/c1-16-8(12)4-5-2-6(10)9(13)7(3-5)11(14)15/h2-3,13H,4H2,1H3. The minimum atomic E-state index is -0.696. The van der Waals surface area contributed by atoms with Gasteiger partial charge in [-0.3, -0.25) is 14.9 Å². The van der Waals surface area contributed by atoms with Crippen molar-refractivity contribution in [3.63, 3.8) is 0 Å². The normalized spacial score (nSPS) is 9.88. The first-order valence-corrected chi connectivity index (χ1v) is 5.26. The van der Waals surface area contributed by atoms with Crippen molar-refractivity contribution >= 4 is 34.2 Å². The van der Waals surface area contributed by atoms with Crippen molar-refractivity contribution in [2.45, 2.75) is 6.42 Å². The highest BCUT2D eigenvalue weighted by molar-refractivity contribution is 14.1. The Bertz CT molecular complexity index is 446. The number of aromatic hydroxyl groups is 1. The molecule has 86 valence electrons. The molecule has 0 saturated carbocycles. The van der Waals surface area contributed by atoms with E-state index < -0.39 is 16.6 Å². The van der Waals surface area contributed by atoms with E-state index in [-0.39, 0.29) is 12.2 Å². The second kappa shape index (κ2) is 5.10. The van der Waals surface area contributed by atoms with Gasteiger partial charge in [-0.2, -0.15) is 0 Å².